The van der Waals surface area contributed by atoms with Crippen molar-refractivity contribution in [2.24, 2.45) is 0 Å². The largest absolute Gasteiger partial charge is 0.493 e. The summed E-state index contributed by atoms with van der Waals surface area (Å²) in [6.07, 6.45) is 0. The zero-order valence-corrected chi connectivity index (χ0v) is 11.8. The minimum atomic E-state index is 0.586. The van der Waals surface area contributed by atoms with Gasteiger partial charge < -0.3 is 19.5 Å². The van der Waals surface area contributed by atoms with Gasteiger partial charge in [0.2, 0.25) is 0 Å². The second kappa shape index (κ2) is 8.19. The van der Waals surface area contributed by atoms with E-state index < -0.39 is 0 Å². The monoisotopic (exact) mass is 273 g/mol. The summed E-state index contributed by atoms with van der Waals surface area (Å²) >= 11 is 6.05. The van der Waals surface area contributed by atoms with Gasteiger partial charge >= 0.3 is 0 Å². The highest BCUT2D eigenvalue weighted by atomic mass is 35.5. The van der Waals surface area contributed by atoms with Crippen LogP contribution in [0, 0.1) is 0 Å². The standard InChI is InChI=1S/C13H20ClNO3/c1-4-18-13-10(9-15-5-6-16-2)7-11(14)8-12(13)17-3/h7-8,15H,4-6,9H2,1-3H3. The molecular weight excluding hydrogens is 254 g/mol. The zero-order chi connectivity index (χ0) is 13.4. The van der Waals surface area contributed by atoms with Crippen LogP contribution in [0.5, 0.6) is 11.5 Å². The van der Waals surface area contributed by atoms with Gasteiger partial charge in [-0.05, 0) is 13.0 Å². The minimum Gasteiger partial charge on any atom is -0.493 e. The number of halogens is 1. The van der Waals surface area contributed by atoms with E-state index in [0.717, 1.165) is 17.9 Å². The summed E-state index contributed by atoms with van der Waals surface area (Å²) in [6.45, 7) is 4.63. The second-order valence-corrected chi connectivity index (χ2v) is 4.14. The quantitative estimate of drug-likeness (QED) is 0.739. The Morgan fingerprint density at radius 3 is 2.67 bits per heavy atom. The average Bonchev–Trinajstić information content (AvgIpc) is 2.37. The predicted molar refractivity (Wildman–Crippen MR) is 72.8 cm³/mol. The minimum absolute atomic E-state index is 0.586. The normalized spacial score (nSPS) is 10.4. The van der Waals surface area contributed by atoms with E-state index >= 15 is 0 Å². The molecule has 0 saturated carbocycles. The molecule has 0 spiro atoms. The average molecular weight is 274 g/mol. The first kappa shape index (κ1) is 15.1. The van der Waals surface area contributed by atoms with Gasteiger partial charge in [0.05, 0.1) is 20.3 Å². The van der Waals surface area contributed by atoms with Crippen LogP contribution < -0.4 is 14.8 Å². The molecule has 0 atom stereocenters. The van der Waals surface area contributed by atoms with Crippen LogP contribution in [0.1, 0.15) is 12.5 Å². The van der Waals surface area contributed by atoms with Crippen molar-refractivity contribution in [1.82, 2.24) is 5.32 Å². The third-order valence-electron chi connectivity index (χ3n) is 2.40. The molecule has 102 valence electrons. The fraction of sp³-hybridized carbons (Fsp3) is 0.538. The summed E-state index contributed by atoms with van der Waals surface area (Å²) in [6, 6.07) is 3.64. The Labute approximate surface area is 113 Å². The lowest BCUT2D eigenvalue weighted by molar-refractivity contribution is 0.199. The SMILES string of the molecule is CCOc1c(CNCCOC)cc(Cl)cc1OC. The smallest absolute Gasteiger partial charge is 0.165 e. The van der Waals surface area contributed by atoms with Crippen molar-refractivity contribution in [3.05, 3.63) is 22.7 Å². The molecular formula is C13H20ClNO3. The zero-order valence-electron chi connectivity index (χ0n) is 11.1. The van der Waals surface area contributed by atoms with E-state index in [9.17, 15) is 0 Å². The predicted octanol–water partition coefficient (Wildman–Crippen LogP) is 2.48. The van der Waals surface area contributed by atoms with Crippen molar-refractivity contribution in [2.75, 3.05) is 34.0 Å². The first-order chi connectivity index (χ1) is 8.72. The number of hydrogen-bond acceptors (Lipinski definition) is 4. The van der Waals surface area contributed by atoms with Crippen molar-refractivity contribution in [2.45, 2.75) is 13.5 Å². The molecule has 0 heterocycles. The molecule has 0 aliphatic heterocycles. The lowest BCUT2D eigenvalue weighted by atomic mass is 10.2. The van der Waals surface area contributed by atoms with Gasteiger partial charge in [0.15, 0.2) is 11.5 Å². The first-order valence-corrected chi connectivity index (χ1v) is 6.29. The Balaban J connectivity index is 2.82. The van der Waals surface area contributed by atoms with Gasteiger partial charge in [0.1, 0.15) is 0 Å². The highest BCUT2D eigenvalue weighted by Gasteiger charge is 2.12. The Morgan fingerprint density at radius 1 is 1.28 bits per heavy atom. The molecule has 18 heavy (non-hydrogen) atoms. The highest BCUT2D eigenvalue weighted by Crippen LogP contribution is 2.34. The van der Waals surface area contributed by atoms with E-state index in [1.807, 2.05) is 13.0 Å². The number of methoxy groups -OCH3 is 2. The maximum Gasteiger partial charge on any atom is 0.165 e. The van der Waals surface area contributed by atoms with Crippen LogP contribution in [-0.4, -0.2) is 34.0 Å². The van der Waals surface area contributed by atoms with Gasteiger partial charge in [-0.3, -0.25) is 0 Å². The van der Waals surface area contributed by atoms with Crippen LogP contribution in [-0.2, 0) is 11.3 Å². The second-order valence-electron chi connectivity index (χ2n) is 3.70. The number of nitrogens with one attached hydrogen (secondary N) is 1. The molecule has 1 rings (SSSR count). The molecule has 0 amide bonds. The molecule has 0 saturated heterocycles. The summed E-state index contributed by atoms with van der Waals surface area (Å²) < 4.78 is 15.9. The Kier molecular flexibility index (Phi) is 6.86. The number of benzene rings is 1. The summed E-state index contributed by atoms with van der Waals surface area (Å²) in [4.78, 5) is 0. The Hall–Kier alpha value is -0.970. The van der Waals surface area contributed by atoms with Gasteiger partial charge in [-0.25, -0.2) is 0 Å². The summed E-state index contributed by atoms with van der Waals surface area (Å²) in [5, 5.41) is 3.90. The Bertz CT molecular complexity index is 371. The van der Waals surface area contributed by atoms with E-state index in [2.05, 4.69) is 5.32 Å². The van der Waals surface area contributed by atoms with Crippen molar-refractivity contribution >= 4 is 11.6 Å². The van der Waals surface area contributed by atoms with Crippen LogP contribution in [0.3, 0.4) is 0 Å². The van der Waals surface area contributed by atoms with Crippen molar-refractivity contribution in [3.63, 3.8) is 0 Å². The number of ether oxygens (including phenoxy) is 3. The molecule has 0 aliphatic rings. The van der Waals surface area contributed by atoms with Gasteiger partial charge in [0.25, 0.3) is 0 Å². The van der Waals surface area contributed by atoms with Crippen LogP contribution in [0.15, 0.2) is 12.1 Å². The fourth-order valence-corrected chi connectivity index (χ4v) is 1.84. The van der Waals surface area contributed by atoms with E-state index in [1.54, 1.807) is 20.3 Å². The van der Waals surface area contributed by atoms with E-state index in [1.165, 1.54) is 0 Å². The van der Waals surface area contributed by atoms with Gasteiger partial charge in [-0.1, -0.05) is 11.6 Å². The van der Waals surface area contributed by atoms with E-state index in [-0.39, 0.29) is 0 Å². The molecule has 4 nitrogen and oxygen atoms in total. The lowest BCUT2D eigenvalue weighted by Crippen LogP contribution is -2.19. The Morgan fingerprint density at radius 2 is 2.06 bits per heavy atom. The molecule has 0 bridgehead atoms. The van der Waals surface area contributed by atoms with Crippen LogP contribution in [0.4, 0.5) is 0 Å². The highest BCUT2D eigenvalue weighted by molar-refractivity contribution is 6.30. The third-order valence-corrected chi connectivity index (χ3v) is 2.62. The summed E-state index contributed by atoms with van der Waals surface area (Å²) in [7, 11) is 3.28. The maximum atomic E-state index is 6.05. The number of rotatable bonds is 8. The molecule has 1 aromatic carbocycles. The molecule has 5 heteroatoms. The molecule has 0 unspecified atom stereocenters. The molecule has 0 fully saturated rings. The van der Waals surface area contributed by atoms with Crippen LogP contribution in [0.2, 0.25) is 5.02 Å². The van der Waals surface area contributed by atoms with Crippen molar-refractivity contribution in [3.8, 4) is 11.5 Å². The van der Waals surface area contributed by atoms with E-state index in [0.29, 0.717) is 30.5 Å². The van der Waals surface area contributed by atoms with Crippen LogP contribution in [0.25, 0.3) is 0 Å². The topological polar surface area (TPSA) is 39.7 Å². The maximum absolute atomic E-state index is 6.05. The van der Waals surface area contributed by atoms with Gasteiger partial charge in [0, 0.05) is 36.9 Å². The van der Waals surface area contributed by atoms with Gasteiger partial charge in [-0.15, -0.1) is 0 Å². The van der Waals surface area contributed by atoms with Crippen molar-refractivity contribution < 1.29 is 14.2 Å². The molecule has 0 aliphatic carbocycles. The van der Waals surface area contributed by atoms with Gasteiger partial charge in [-0.2, -0.15) is 0 Å². The molecule has 1 aromatic rings. The molecule has 1 N–H and O–H groups in total. The first-order valence-electron chi connectivity index (χ1n) is 5.91. The summed E-state index contributed by atoms with van der Waals surface area (Å²) in [5.41, 5.74) is 0.984. The number of hydrogen-bond donors (Lipinski definition) is 1. The summed E-state index contributed by atoms with van der Waals surface area (Å²) in [5.74, 6) is 1.40. The lowest BCUT2D eigenvalue weighted by Gasteiger charge is -2.15. The molecule has 0 aromatic heterocycles. The van der Waals surface area contributed by atoms with Crippen molar-refractivity contribution in [1.29, 1.82) is 0 Å². The molecule has 0 radical (unpaired) electrons. The van der Waals surface area contributed by atoms with E-state index in [4.69, 9.17) is 25.8 Å². The fourth-order valence-electron chi connectivity index (χ4n) is 1.61. The third kappa shape index (κ3) is 4.37. The van der Waals surface area contributed by atoms with Crippen LogP contribution >= 0.6 is 11.6 Å².